The van der Waals surface area contributed by atoms with Crippen molar-refractivity contribution in [3.63, 3.8) is 0 Å². The Bertz CT molecular complexity index is 633. The fourth-order valence-electron chi connectivity index (χ4n) is 2.01. The molecule has 15 heavy (non-hydrogen) atoms. The maximum Gasteiger partial charge on any atom is 0.103 e. The molecule has 0 unspecified atom stereocenters. The molecule has 1 N–H and O–H groups in total. The summed E-state index contributed by atoms with van der Waals surface area (Å²) in [7, 11) is 0. The van der Waals surface area contributed by atoms with E-state index in [1.807, 2.05) is 30.4 Å². The second-order valence-electron chi connectivity index (χ2n) is 3.60. The molecule has 0 bridgehead atoms. The zero-order valence-corrected chi connectivity index (χ0v) is 8.01. The number of nitrogens with zero attached hydrogens (tertiary/aromatic N) is 1. The SMILES string of the molecule is ON=C1C=CC2=c3ccccc3=CC2=C1. The van der Waals surface area contributed by atoms with Crippen molar-refractivity contribution >= 4 is 17.4 Å². The van der Waals surface area contributed by atoms with Gasteiger partial charge in [0.05, 0.1) is 0 Å². The van der Waals surface area contributed by atoms with Crippen LogP contribution >= 0.6 is 0 Å². The molecular formula is C13H9NO. The summed E-state index contributed by atoms with van der Waals surface area (Å²) in [6.07, 6.45) is 7.80. The Kier molecular flexibility index (Phi) is 1.62. The van der Waals surface area contributed by atoms with Crippen LogP contribution in [0.15, 0.2) is 53.2 Å². The van der Waals surface area contributed by atoms with E-state index < -0.39 is 0 Å². The predicted molar refractivity (Wildman–Crippen MR) is 60.0 cm³/mol. The minimum Gasteiger partial charge on any atom is -0.410 e. The summed E-state index contributed by atoms with van der Waals surface area (Å²) in [6, 6.07) is 8.25. The molecule has 1 aromatic carbocycles. The fraction of sp³-hybridized carbons (Fsp3) is 0. The molecule has 0 saturated carbocycles. The summed E-state index contributed by atoms with van der Waals surface area (Å²) in [4.78, 5) is 0. The van der Waals surface area contributed by atoms with E-state index in [-0.39, 0.29) is 0 Å². The summed E-state index contributed by atoms with van der Waals surface area (Å²) in [5.74, 6) is 0. The van der Waals surface area contributed by atoms with Gasteiger partial charge in [0.25, 0.3) is 0 Å². The molecule has 2 nitrogen and oxygen atoms in total. The van der Waals surface area contributed by atoms with Gasteiger partial charge in [0.1, 0.15) is 5.71 Å². The molecule has 0 aliphatic heterocycles. The highest BCUT2D eigenvalue weighted by molar-refractivity contribution is 6.12. The molecule has 72 valence electrons. The lowest BCUT2D eigenvalue weighted by molar-refractivity contribution is 0.320. The number of benzene rings is 1. The highest BCUT2D eigenvalue weighted by Crippen LogP contribution is 2.20. The molecule has 0 atom stereocenters. The third-order valence-electron chi connectivity index (χ3n) is 2.71. The van der Waals surface area contributed by atoms with Crippen LogP contribution in [0.3, 0.4) is 0 Å². The van der Waals surface area contributed by atoms with Gasteiger partial charge >= 0.3 is 0 Å². The molecule has 1 aromatic rings. The van der Waals surface area contributed by atoms with Crippen molar-refractivity contribution in [2.75, 3.05) is 0 Å². The molecule has 2 aliphatic rings. The Hall–Kier alpha value is -2.09. The molecule has 0 aromatic heterocycles. The van der Waals surface area contributed by atoms with E-state index in [4.69, 9.17) is 5.21 Å². The van der Waals surface area contributed by atoms with E-state index in [1.54, 1.807) is 0 Å². The Labute approximate surface area is 86.9 Å². The van der Waals surface area contributed by atoms with Gasteiger partial charge < -0.3 is 5.21 Å². The summed E-state index contributed by atoms with van der Waals surface area (Å²) in [6.45, 7) is 0. The van der Waals surface area contributed by atoms with Crippen LogP contribution in [0, 0.1) is 0 Å². The number of oxime groups is 1. The third kappa shape index (κ3) is 1.15. The van der Waals surface area contributed by atoms with Crippen molar-refractivity contribution in [3.8, 4) is 0 Å². The van der Waals surface area contributed by atoms with Gasteiger partial charge in [-0.2, -0.15) is 0 Å². The van der Waals surface area contributed by atoms with Crippen LogP contribution in [0.2, 0.25) is 0 Å². The molecule has 2 heteroatoms. The molecule has 2 aliphatic carbocycles. The van der Waals surface area contributed by atoms with Crippen LogP contribution in [-0.4, -0.2) is 10.9 Å². The normalized spacial score (nSPS) is 19.6. The maximum absolute atomic E-state index is 8.70. The van der Waals surface area contributed by atoms with E-state index in [0.29, 0.717) is 5.71 Å². The van der Waals surface area contributed by atoms with Gasteiger partial charge in [-0.1, -0.05) is 35.5 Å². The highest BCUT2D eigenvalue weighted by Gasteiger charge is 2.12. The van der Waals surface area contributed by atoms with Gasteiger partial charge in [-0.05, 0) is 39.8 Å². The largest absolute Gasteiger partial charge is 0.410 e. The zero-order valence-electron chi connectivity index (χ0n) is 8.01. The lowest BCUT2D eigenvalue weighted by Crippen LogP contribution is -2.21. The molecular weight excluding hydrogens is 186 g/mol. The number of allylic oxidation sites excluding steroid dienone is 4. The summed E-state index contributed by atoms with van der Waals surface area (Å²) in [5, 5.41) is 14.4. The van der Waals surface area contributed by atoms with Crippen molar-refractivity contribution in [2.24, 2.45) is 5.16 Å². The third-order valence-corrected chi connectivity index (χ3v) is 2.71. The summed E-state index contributed by atoms with van der Waals surface area (Å²) in [5.41, 5.74) is 2.92. The van der Waals surface area contributed by atoms with Gasteiger partial charge in [-0.3, -0.25) is 0 Å². The standard InChI is InChI=1S/C13H9NO/c15-14-11-5-6-13-10(8-11)7-9-3-1-2-4-12(9)13/h1-8,15H. The molecule has 0 radical (unpaired) electrons. The van der Waals surface area contributed by atoms with Gasteiger partial charge in [0.2, 0.25) is 0 Å². The number of hydrogen-bond donors (Lipinski definition) is 1. The highest BCUT2D eigenvalue weighted by atomic mass is 16.4. The first-order chi connectivity index (χ1) is 7.38. The van der Waals surface area contributed by atoms with Crippen molar-refractivity contribution < 1.29 is 5.21 Å². The van der Waals surface area contributed by atoms with Crippen molar-refractivity contribution in [3.05, 3.63) is 58.5 Å². The topological polar surface area (TPSA) is 32.6 Å². The summed E-state index contributed by atoms with van der Waals surface area (Å²) >= 11 is 0. The fourth-order valence-corrected chi connectivity index (χ4v) is 2.01. The average Bonchev–Trinajstić information content (AvgIpc) is 2.66. The van der Waals surface area contributed by atoms with E-state index in [2.05, 4.69) is 23.4 Å². The molecule has 0 heterocycles. The number of fused-ring (bicyclic) bond motifs is 2. The zero-order chi connectivity index (χ0) is 10.3. The van der Waals surface area contributed by atoms with Gasteiger partial charge in [-0.15, -0.1) is 0 Å². The Morgan fingerprint density at radius 1 is 1.00 bits per heavy atom. The van der Waals surface area contributed by atoms with E-state index in [9.17, 15) is 0 Å². The Morgan fingerprint density at radius 3 is 2.73 bits per heavy atom. The maximum atomic E-state index is 8.70. The molecule has 0 spiro atoms. The first kappa shape index (κ1) is 8.24. The Balaban J connectivity index is 2.36. The van der Waals surface area contributed by atoms with Crippen LogP contribution < -0.4 is 10.4 Å². The first-order valence-electron chi connectivity index (χ1n) is 4.82. The minimum atomic E-state index is 0.595. The smallest absolute Gasteiger partial charge is 0.103 e. The van der Waals surface area contributed by atoms with Crippen molar-refractivity contribution in [1.82, 2.24) is 0 Å². The average molecular weight is 195 g/mol. The van der Waals surface area contributed by atoms with Crippen molar-refractivity contribution in [2.45, 2.75) is 0 Å². The van der Waals surface area contributed by atoms with Crippen molar-refractivity contribution in [1.29, 1.82) is 0 Å². The monoisotopic (exact) mass is 195 g/mol. The van der Waals surface area contributed by atoms with Crippen LogP contribution in [0.1, 0.15) is 0 Å². The molecule has 0 saturated heterocycles. The van der Waals surface area contributed by atoms with Crippen LogP contribution in [0.5, 0.6) is 0 Å². The van der Waals surface area contributed by atoms with E-state index >= 15 is 0 Å². The van der Waals surface area contributed by atoms with Gasteiger partial charge in [-0.25, -0.2) is 0 Å². The van der Waals surface area contributed by atoms with Crippen LogP contribution in [0.25, 0.3) is 11.6 Å². The van der Waals surface area contributed by atoms with Gasteiger partial charge in [0, 0.05) is 0 Å². The lowest BCUT2D eigenvalue weighted by Gasteiger charge is -2.04. The molecule has 0 amide bonds. The van der Waals surface area contributed by atoms with E-state index in [1.165, 1.54) is 16.0 Å². The quantitative estimate of drug-likeness (QED) is 0.485. The lowest BCUT2D eigenvalue weighted by atomic mass is 10.0. The second-order valence-corrected chi connectivity index (χ2v) is 3.60. The molecule has 3 rings (SSSR count). The number of rotatable bonds is 0. The molecule has 0 fully saturated rings. The first-order valence-corrected chi connectivity index (χ1v) is 4.82. The number of hydrogen-bond acceptors (Lipinski definition) is 2. The summed E-state index contributed by atoms with van der Waals surface area (Å²) < 4.78 is 0. The van der Waals surface area contributed by atoms with Gasteiger partial charge in [0.15, 0.2) is 0 Å². The Morgan fingerprint density at radius 2 is 1.87 bits per heavy atom. The van der Waals surface area contributed by atoms with Crippen LogP contribution in [0.4, 0.5) is 0 Å². The van der Waals surface area contributed by atoms with E-state index in [0.717, 1.165) is 5.57 Å². The second kappa shape index (κ2) is 2.95. The van der Waals surface area contributed by atoms with Crippen LogP contribution in [-0.2, 0) is 0 Å². The predicted octanol–water partition coefficient (Wildman–Crippen LogP) is 0.958. The minimum absolute atomic E-state index is 0.595.